The van der Waals surface area contributed by atoms with Crippen LogP contribution in [0, 0.1) is 6.92 Å². The lowest BCUT2D eigenvalue weighted by molar-refractivity contribution is 0.0709. The number of halogens is 1. The van der Waals surface area contributed by atoms with E-state index in [-0.39, 0.29) is 5.91 Å². The number of amides is 1. The van der Waals surface area contributed by atoms with Gasteiger partial charge in [0.2, 0.25) is 0 Å². The minimum atomic E-state index is 0.133. The van der Waals surface area contributed by atoms with Crippen LogP contribution in [0.2, 0.25) is 0 Å². The van der Waals surface area contributed by atoms with E-state index in [1.807, 2.05) is 30.0 Å². The number of nitrogens with one attached hydrogen (secondary N) is 1. The number of hydrogen-bond acceptors (Lipinski definition) is 2. The Kier molecular flexibility index (Phi) is 3.84. The molecule has 4 heteroatoms. The Balaban J connectivity index is 2.15. The number of aryl methyl sites for hydroxylation is 1. The van der Waals surface area contributed by atoms with E-state index >= 15 is 0 Å². The number of hydrogen-bond donors (Lipinski definition) is 1. The molecule has 0 bridgehead atoms. The molecule has 0 saturated carbocycles. The lowest BCUT2D eigenvalue weighted by Gasteiger charge is -2.32. The molecule has 0 aliphatic carbocycles. The fourth-order valence-corrected chi connectivity index (χ4v) is 2.32. The predicted molar refractivity (Wildman–Crippen MR) is 72.2 cm³/mol. The molecule has 17 heavy (non-hydrogen) atoms. The quantitative estimate of drug-likeness (QED) is 0.862. The van der Waals surface area contributed by atoms with Gasteiger partial charge in [-0.15, -0.1) is 0 Å². The van der Waals surface area contributed by atoms with Crippen LogP contribution in [0.5, 0.6) is 0 Å². The summed E-state index contributed by atoms with van der Waals surface area (Å²) >= 11 is 3.45. The number of nitrogens with zero attached hydrogens (tertiary/aromatic N) is 1. The van der Waals surface area contributed by atoms with E-state index in [0.29, 0.717) is 6.04 Å². The molecule has 1 aromatic rings. The van der Waals surface area contributed by atoms with Crippen molar-refractivity contribution in [3.8, 4) is 0 Å². The number of rotatable bonds is 1. The molecule has 1 fully saturated rings. The highest BCUT2D eigenvalue weighted by Gasteiger charge is 2.21. The van der Waals surface area contributed by atoms with Crippen LogP contribution in [-0.4, -0.2) is 36.5 Å². The van der Waals surface area contributed by atoms with Gasteiger partial charge < -0.3 is 10.2 Å². The van der Waals surface area contributed by atoms with Gasteiger partial charge in [-0.05, 0) is 37.6 Å². The monoisotopic (exact) mass is 296 g/mol. The molecule has 2 rings (SSSR count). The van der Waals surface area contributed by atoms with Crippen LogP contribution in [0.25, 0.3) is 0 Å². The second-order valence-electron chi connectivity index (χ2n) is 4.57. The van der Waals surface area contributed by atoms with Crippen molar-refractivity contribution in [3.63, 3.8) is 0 Å². The summed E-state index contributed by atoms with van der Waals surface area (Å²) in [5.41, 5.74) is 1.87. The summed E-state index contributed by atoms with van der Waals surface area (Å²) in [7, 11) is 0. The number of carbonyl (C=O) groups is 1. The molecule has 1 saturated heterocycles. The summed E-state index contributed by atoms with van der Waals surface area (Å²) in [5, 5.41) is 3.34. The van der Waals surface area contributed by atoms with E-state index in [9.17, 15) is 4.79 Å². The number of piperazine rings is 1. The lowest BCUT2D eigenvalue weighted by atomic mass is 10.1. The third-order valence-corrected chi connectivity index (χ3v) is 3.95. The maximum Gasteiger partial charge on any atom is 0.253 e. The molecule has 92 valence electrons. The number of benzene rings is 1. The van der Waals surface area contributed by atoms with Gasteiger partial charge in [-0.2, -0.15) is 0 Å². The van der Waals surface area contributed by atoms with Crippen molar-refractivity contribution < 1.29 is 4.79 Å². The number of carbonyl (C=O) groups excluding carboxylic acids is 1. The van der Waals surface area contributed by atoms with Gasteiger partial charge in [-0.1, -0.05) is 15.9 Å². The zero-order valence-electron chi connectivity index (χ0n) is 10.2. The summed E-state index contributed by atoms with van der Waals surface area (Å²) in [5.74, 6) is 0.133. The third kappa shape index (κ3) is 2.87. The zero-order valence-corrected chi connectivity index (χ0v) is 11.8. The average Bonchev–Trinajstić information content (AvgIpc) is 2.32. The van der Waals surface area contributed by atoms with Crippen molar-refractivity contribution in [2.24, 2.45) is 0 Å². The topological polar surface area (TPSA) is 32.3 Å². The molecule has 1 N–H and O–H groups in total. The van der Waals surface area contributed by atoms with Crippen LogP contribution in [0.15, 0.2) is 22.7 Å². The Hall–Kier alpha value is -0.870. The molecule has 1 aromatic carbocycles. The van der Waals surface area contributed by atoms with Crippen LogP contribution in [0.3, 0.4) is 0 Å². The molecule has 1 atom stereocenters. The molecule has 0 aromatic heterocycles. The maximum absolute atomic E-state index is 12.3. The minimum absolute atomic E-state index is 0.133. The Labute approximate surface area is 110 Å². The van der Waals surface area contributed by atoms with Crippen molar-refractivity contribution in [1.82, 2.24) is 10.2 Å². The van der Waals surface area contributed by atoms with E-state index in [1.165, 1.54) is 0 Å². The van der Waals surface area contributed by atoms with Gasteiger partial charge in [0.25, 0.3) is 5.91 Å². The fraction of sp³-hybridized carbons (Fsp3) is 0.462. The third-order valence-electron chi connectivity index (χ3n) is 3.06. The molecule has 3 nitrogen and oxygen atoms in total. The lowest BCUT2D eigenvalue weighted by Crippen LogP contribution is -2.51. The molecule has 1 aliphatic rings. The van der Waals surface area contributed by atoms with Crippen molar-refractivity contribution in [1.29, 1.82) is 0 Å². The SMILES string of the molecule is Cc1cc(C(=O)N2CCN[C@H](C)C2)ccc1Br. The Bertz CT molecular complexity index is 433. The maximum atomic E-state index is 12.3. The second kappa shape index (κ2) is 5.19. The zero-order chi connectivity index (χ0) is 12.4. The first-order chi connectivity index (χ1) is 8.08. The summed E-state index contributed by atoms with van der Waals surface area (Å²) < 4.78 is 1.04. The minimum Gasteiger partial charge on any atom is -0.336 e. The normalized spacial score (nSPS) is 20.4. The van der Waals surface area contributed by atoms with Crippen molar-refractivity contribution in [2.45, 2.75) is 19.9 Å². The van der Waals surface area contributed by atoms with Crippen molar-refractivity contribution in [3.05, 3.63) is 33.8 Å². The Morgan fingerprint density at radius 1 is 1.53 bits per heavy atom. The van der Waals surface area contributed by atoms with Gasteiger partial charge >= 0.3 is 0 Å². The Morgan fingerprint density at radius 3 is 2.94 bits per heavy atom. The van der Waals surface area contributed by atoms with Gasteiger partial charge in [-0.25, -0.2) is 0 Å². The van der Waals surface area contributed by atoms with E-state index in [0.717, 1.165) is 35.2 Å². The van der Waals surface area contributed by atoms with Crippen LogP contribution in [0.4, 0.5) is 0 Å². The van der Waals surface area contributed by atoms with Crippen LogP contribution in [-0.2, 0) is 0 Å². The van der Waals surface area contributed by atoms with Gasteiger partial charge in [0.05, 0.1) is 0 Å². The first kappa shape index (κ1) is 12.6. The first-order valence-corrected chi connectivity index (χ1v) is 6.66. The molecular formula is C13H17BrN2O. The first-order valence-electron chi connectivity index (χ1n) is 5.87. The smallest absolute Gasteiger partial charge is 0.253 e. The van der Waals surface area contributed by atoms with E-state index < -0.39 is 0 Å². The summed E-state index contributed by atoms with van der Waals surface area (Å²) in [6, 6.07) is 6.14. The fourth-order valence-electron chi connectivity index (χ4n) is 2.08. The molecule has 1 heterocycles. The van der Waals surface area contributed by atoms with E-state index in [1.54, 1.807) is 0 Å². The largest absolute Gasteiger partial charge is 0.336 e. The van der Waals surface area contributed by atoms with E-state index in [4.69, 9.17) is 0 Å². The highest BCUT2D eigenvalue weighted by atomic mass is 79.9. The highest BCUT2D eigenvalue weighted by molar-refractivity contribution is 9.10. The van der Waals surface area contributed by atoms with Crippen LogP contribution < -0.4 is 5.32 Å². The van der Waals surface area contributed by atoms with Crippen LogP contribution in [0.1, 0.15) is 22.8 Å². The van der Waals surface area contributed by atoms with Crippen molar-refractivity contribution in [2.75, 3.05) is 19.6 Å². The standard InChI is InChI=1S/C13H17BrN2O/c1-9-7-11(3-4-12(9)14)13(17)16-6-5-15-10(2)8-16/h3-4,7,10,15H,5-6,8H2,1-2H3/t10-/m1/s1. The van der Waals surface area contributed by atoms with Gasteiger partial charge in [-0.3, -0.25) is 4.79 Å². The summed E-state index contributed by atoms with van der Waals surface area (Å²) in [4.78, 5) is 14.2. The molecule has 0 radical (unpaired) electrons. The molecule has 1 amide bonds. The molecule has 0 unspecified atom stereocenters. The molecule has 0 spiro atoms. The molecule has 1 aliphatic heterocycles. The van der Waals surface area contributed by atoms with Crippen LogP contribution >= 0.6 is 15.9 Å². The van der Waals surface area contributed by atoms with Gasteiger partial charge in [0.1, 0.15) is 0 Å². The molecular weight excluding hydrogens is 280 g/mol. The predicted octanol–water partition coefficient (Wildman–Crippen LogP) is 2.19. The highest BCUT2D eigenvalue weighted by Crippen LogP contribution is 2.18. The summed E-state index contributed by atoms with van der Waals surface area (Å²) in [6.45, 7) is 6.56. The van der Waals surface area contributed by atoms with Gasteiger partial charge in [0.15, 0.2) is 0 Å². The van der Waals surface area contributed by atoms with Gasteiger partial charge in [0, 0.05) is 35.7 Å². The van der Waals surface area contributed by atoms with Crippen molar-refractivity contribution >= 4 is 21.8 Å². The average molecular weight is 297 g/mol. The van der Waals surface area contributed by atoms with E-state index in [2.05, 4.69) is 28.2 Å². The second-order valence-corrected chi connectivity index (χ2v) is 5.42. The Morgan fingerprint density at radius 2 is 2.29 bits per heavy atom. The summed E-state index contributed by atoms with van der Waals surface area (Å²) in [6.07, 6.45) is 0.